The van der Waals surface area contributed by atoms with Gasteiger partial charge in [0.05, 0.1) is 4.47 Å². The maximum absolute atomic E-state index is 5.79. The zero-order valence-electron chi connectivity index (χ0n) is 7.74. The van der Waals surface area contributed by atoms with Crippen LogP contribution < -0.4 is 4.74 Å². The van der Waals surface area contributed by atoms with Crippen LogP contribution in [-0.4, -0.2) is 0 Å². The summed E-state index contributed by atoms with van der Waals surface area (Å²) in [7, 11) is 0. The van der Waals surface area contributed by atoms with E-state index >= 15 is 0 Å². The summed E-state index contributed by atoms with van der Waals surface area (Å²) in [5.74, 6) is 0.884. The van der Waals surface area contributed by atoms with Gasteiger partial charge in [-0.05, 0) is 33.6 Å². The van der Waals surface area contributed by atoms with E-state index in [4.69, 9.17) is 16.3 Å². The monoisotopic (exact) mass is 302 g/mol. The molecule has 0 atom stereocenters. The molecule has 4 heteroatoms. The van der Waals surface area contributed by atoms with Gasteiger partial charge in [-0.2, -0.15) is 0 Å². The van der Waals surface area contributed by atoms with Gasteiger partial charge >= 0.3 is 0 Å². The molecule has 0 saturated heterocycles. The summed E-state index contributed by atoms with van der Waals surface area (Å²) in [4.78, 5) is 0. The Hall–Kier alpha value is -0.510. The molecule has 1 nitrogen and oxygen atoms in total. The molecule has 2 rings (SSSR count). The minimum absolute atomic E-state index is 0.562. The molecule has 0 aliphatic rings. The Kier molecular flexibility index (Phi) is 3.67. The van der Waals surface area contributed by atoms with Crippen molar-refractivity contribution in [3.8, 4) is 5.75 Å². The number of hydrogen-bond acceptors (Lipinski definition) is 2. The standard InChI is InChI=1S/C11H8BrClOS/c12-10-6-15-7-11(10)14-5-8-1-3-9(13)4-2-8/h1-4,6-7H,5H2. The van der Waals surface area contributed by atoms with Gasteiger partial charge in [-0.25, -0.2) is 0 Å². The smallest absolute Gasteiger partial charge is 0.144 e. The van der Waals surface area contributed by atoms with Crippen LogP contribution in [0.5, 0.6) is 5.75 Å². The lowest BCUT2D eigenvalue weighted by atomic mass is 10.2. The Morgan fingerprint density at radius 3 is 2.53 bits per heavy atom. The largest absolute Gasteiger partial charge is 0.487 e. The molecule has 15 heavy (non-hydrogen) atoms. The van der Waals surface area contributed by atoms with Crippen LogP contribution in [0, 0.1) is 0 Å². The maximum Gasteiger partial charge on any atom is 0.144 e. The van der Waals surface area contributed by atoms with Crippen molar-refractivity contribution in [1.29, 1.82) is 0 Å². The van der Waals surface area contributed by atoms with Gasteiger partial charge in [0.2, 0.25) is 0 Å². The van der Waals surface area contributed by atoms with E-state index in [9.17, 15) is 0 Å². The van der Waals surface area contributed by atoms with Crippen molar-refractivity contribution in [1.82, 2.24) is 0 Å². The second-order valence-electron chi connectivity index (χ2n) is 3.00. The fourth-order valence-electron chi connectivity index (χ4n) is 1.11. The molecule has 0 amide bonds. The molecule has 0 aliphatic heterocycles. The van der Waals surface area contributed by atoms with Gasteiger partial charge < -0.3 is 4.74 Å². The normalized spacial score (nSPS) is 10.3. The first-order valence-corrected chi connectivity index (χ1v) is 6.46. The fourth-order valence-corrected chi connectivity index (χ4v) is 2.57. The topological polar surface area (TPSA) is 9.23 Å². The molecule has 0 fully saturated rings. The SMILES string of the molecule is Clc1ccc(COc2cscc2Br)cc1. The number of hydrogen-bond donors (Lipinski definition) is 0. The molecule has 0 radical (unpaired) electrons. The van der Waals surface area contributed by atoms with E-state index in [1.807, 2.05) is 35.0 Å². The van der Waals surface area contributed by atoms with Crippen LogP contribution in [0.15, 0.2) is 39.5 Å². The van der Waals surface area contributed by atoms with Crippen LogP contribution in [0.3, 0.4) is 0 Å². The van der Waals surface area contributed by atoms with Crippen LogP contribution in [0.2, 0.25) is 5.02 Å². The first-order valence-electron chi connectivity index (χ1n) is 4.34. The Balaban J connectivity index is 1.99. The average Bonchev–Trinajstić information content (AvgIpc) is 2.63. The van der Waals surface area contributed by atoms with Crippen LogP contribution in [0.4, 0.5) is 0 Å². The van der Waals surface area contributed by atoms with Gasteiger partial charge in [-0.15, -0.1) is 11.3 Å². The second-order valence-corrected chi connectivity index (χ2v) is 5.03. The van der Waals surface area contributed by atoms with E-state index in [2.05, 4.69) is 15.9 Å². The summed E-state index contributed by atoms with van der Waals surface area (Å²) in [5.41, 5.74) is 1.11. The third-order valence-electron chi connectivity index (χ3n) is 1.89. The Bertz CT molecular complexity index is 438. The zero-order valence-corrected chi connectivity index (χ0v) is 10.9. The van der Waals surface area contributed by atoms with Gasteiger partial charge in [0.15, 0.2) is 0 Å². The van der Waals surface area contributed by atoms with E-state index in [1.165, 1.54) is 0 Å². The van der Waals surface area contributed by atoms with E-state index < -0.39 is 0 Å². The minimum atomic E-state index is 0.562. The summed E-state index contributed by atoms with van der Waals surface area (Å²) >= 11 is 10.8. The van der Waals surface area contributed by atoms with Crippen LogP contribution in [0.25, 0.3) is 0 Å². The minimum Gasteiger partial charge on any atom is -0.487 e. The molecule has 0 spiro atoms. The van der Waals surface area contributed by atoms with Crippen LogP contribution in [-0.2, 0) is 6.61 Å². The molecule has 78 valence electrons. The summed E-state index contributed by atoms with van der Waals surface area (Å²) < 4.78 is 6.62. The highest BCUT2D eigenvalue weighted by Gasteiger charge is 2.01. The third kappa shape index (κ3) is 2.97. The highest BCUT2D eigenvalue weighted by atomic mass is 79.9. The summed E-state index contributed by atoms with van der Waals surface area (Å²) in [6.45, 7) is 0.562. The van der Waals surface area contributed by atoms with Gasteiger partial charge in [-0.3, -0.25) is 0 Å². The lowest BCUT2D eigenvalue weighted by Crippen LogP contribution is -1.94. The fraction of sp³-hybridized carbons (Fsp3) is 0.0909. The van der Waals surface area contributed by atoms with Crippen molar-refractivity contribution in [2.45, 2.75) is 6.61 Å². The van der Waals surface area contributed by atoms with Crippen LogP contribution in [0.1, 0.15) is 5.56 Å². The first kappa shape index (κ1) is 11.0. The quantitative estimate of drug-likeness (QED) is 0.795. The molecule has 0 unspecified atom stereocenters. The van der Waals surface area contributed by atoms with E-state index in [0.29, 0.717) is 6.61 Å². The summed E-state index contributed by atoms with van der Waals surface area (Å²) in [6, 6.07) is 7.65. The highest BCUT2D eigenvalue weighted by Crippen LogP contribution is 2.29. The van der Waals surface area contributed by atoms with Gasteiger partial charge in [0, 0.05) is 15.8 Å². The number of thiophene rings is 1. The predicted molar refractivity (Wildman–Crippen MR) is 67.8 cm³/mol. The second kappa shape index (κ2) is 5.01. The van der Waals surface area contributed by atoms with Crippen molar-refractivity contribution in [2.24, 2.45) is 0 Å². The molecular weight excluding hydrogens is 296 g/mol. The van der Waals surface area contributed by atoms with Crippen molar-refractivity contribution >= 4 is 38.9 Å². The number of rotatable bonds is 3. The van der Waals surface area contributed by atoms with Gasteiger partial charge in [0.1, 0.15) is 12.4 Å². The van der Waals surface area contributed by atoms with Crippen molar-refractivity contribution < 1.29 is 4.74 Å². The molecule has 0 saturated carbocycles. The lowest BCUT2D eigenvalue weighted by molar-refractivity contribution is 0.305. The van der Waals surface area contributed by atoms with Gasteiger partial charge in [0.25, 0.3) is 0 Å². The molecule has 0 aliphatic carbocycles. The van der Waals surface area contributed by atoms with E-state index in [-0.39, 0.29) is 0 Å². The summed E-state index contributed by atoms with van der Waals surface area (Å²) in [6.07, 6.45) is 0. The van der Waals surface area contributed by atoms with Crippen LogP contribution >= 0.6 is 38.9 Å². The molecule has 2 aromatic rings. The molecule has 1 aromatic heterocycles. The Morgan fingerprint density at radius 1 is 1.20 bits per heavy atom. The molecule has 0 bridgehead atoms. The Morgan fingerprint density at radius 2 is 1.93 bits per heavy atom. The molecule has 1 heterocycles. The first-order chi connectivity index (χ1) is 7.25. The maximum atomic E-state index is 5.79. The zero-order chi connectivity index (χ0) is 10.7. The molecule has 1 aromatic carbocycles. The molecular formula is C11H8BrClOS. The Labute approximate surface area is 106 Å². The van der Waals surface area contributed by atoms with Crippen molar-refractivity contribution in [2.75, 3.05) is 0 Å². The van der Waals surface area contributed by atoms with E-state index in [0.717, 1.165) is 20.8 Å². The average molecular weight is 304 g/mol. The summed E-state index contributed by atoms with van der Waals surface area (Å²) in [5, 5.41) is 4.72. The third-order valence-corrected chi connectivity index (χ3v) is 3.79. The molecule has 0 N–H and O–H groups in total. The van der Waals surface area contributed by atoms with Crippen molar-refractivity contribution in [3.05, 3.63) is 50.1 Å². The predicted octanol–water partition coefficient (Wildman–Crippen LogP) is 4.74. The number of halogens is 2. The number of ether oxygens (including phenoxy) is 1. The number of benzene rings is 1. The van der Waals surface area contributed by atoms with Crippen molar-refractivity contribution in [3.63, 3.8) is 0 Å². The highest BCUT2D eigenvalue weighted by molar-refractivity contribution is 9.10. The van der Waals surface area contributed by atoms with Gasteiger partial charge in [-0.1, -0.05) is 23.7 Å². The van der Waals surface area contributed by atoms with E-state index in [1.54, 1.807) is 11.3 Å². The lowest BCUT2D eigenvalue weighted by Gasteiger charge is -2.04.